The topological polar surface area (TPSA) is 100 Å². The molecule has 5 aromatic rings. The summed E-state index contributed by atoms with van der Waals surface area (Å²) in [6.45, 7) is 8.00. The van der Waals surface area contributed by atoms with Gasteiger partial charge in [-0.2, -0.15) is 14.9 Å². The third kappa shape index (κ3) is 6.46. The van der Waals surface area contributed by atoms with Crippen LogP contribution >= 0.6 is 23.2 Å². The Morgan fingerprint density at radius 1 is 0.848 bits per heavy atom. The van der Waals surface area contributed by atoms with Crippen LogP contribution in [0.4, 0.5) is 17.3 Å². The van der Waals surface area contributed by atoms with Gasteiger partial charge >= 0.3 is 0 Å². The quantitative estimate of drug-likeness (QED) is 0.237. The van der Waals surface area contributed by atoms with E-state index >= 15 is 0 Å². The number of benzene rings is 2. The molecule has 0 saturated carbocycles. The average Bonchev–Trinajstić information content (AvgIpc) is 3.55. The predicted molar refractivity (Wildman–Crippen MR) is 184 cm³/mol. The van der Waals surface area contributed by atoms with Gasteiger partial charge in [0.1, 0.15) is 22.6 Å². The minimum absolute atomic E-state index is 0.278. The minimum atomic E-state index is -0.429. The van der Waals surface area contributed by atoms with Crippen LogP contribution in [0.5, 0.6) is 0 Å². The third-order valence-electron chi connectivity index (χ3n) is 8.75. The molecule has 11 nitrogen and oxygen atoms in total. The van der Waals surface area contributed by atoms with Crippen molar-refractivity contribution in [1.29, 1.82) is 0 Å². The van der Waals surface area contributed by atoms with E-state index in [-0.39, 0.29) is 5.39 Å². The van der Waals surface area contributed by atoms with E-state index in [0.717, 1.165) is 58.0 Å². The molecule has 5 heterocycles. The number of hydrogen-bond acceptors (Lipinski definition) is 9. The number of halogens is 2. The molecule has 2 saturated heterocycles. The molecule has 3 aromatic heterocycles. The number of piperazine rings is 1. The second-order valence-electron chi connectivity index (χ2n) is 11.9. The molecule has 0 atom stereocenters. The number of nitrogens with one attached hydrogen (secondary N) is 1. The van der Waals surface area contributed by atoms with Gasteiger partial charge in [0, 0.05) is 56.5 Å². The highest BCUT2D eigenvalue weighted by molar-refractivity contribution is 6.37. The Balaban J connectivity index is 1.23. The summed E-state index contributed by atoms with van der Waals surface area (Å²) in [6.07, 6.45) is 7.23. The molecule has 2 fully saturated rings. The van der Waals surface area contributed by atoms with E-state index in [9.17, 15) is 4.79 Å². The lowest BCUT2D eigenvalue weighted by Gasteiger charge is -2.34. The average molecular weight is 660 g/mol. The first kappa shape index (κ1) is 30.6. The van der Waals surface area contributed by atoms with Gasteiger partial charge in [-0.3, -0.25) is 9.48 Å². The molecule has 13 heteroatoms. The number of para-hydroxylation sites is 1. The van der Waals surface area contributed by atoms with Gasteiger partial charge in [-0.1, -0.05) is 35.7 Å². The van der Waals surface area contributed by atoms with E-state index in [4.69, 9.17) is 38.4 Å². The fourth-order valence-corrected chi connectivity index (χ4v) is 6.65. The van der Waals surface area contributed by atoms with E-state index in [1.807, 2.05) is 29.1 Å². The summed E-state index contributed by atoms with van der Waals surface area (Å²) >= 11 is 13.1. The fourth-order valence-electron chi connectivity index (χ4n) is 6.09. The molecule has 0 aliphatic carbocycles. The molecule has 0 unspecified atom stereocenters. The Kier molecular flexibility index (Phi) is 8.90. The maximum Gasteiger partial charge on any atom is 0.282 e. The van der Waals surface area contributed by atoms with Gasteiger partial charge in [0.05, 0.1) is 22.0 Å². The molecule has 1 N–H and O–H groups in total. The van der Waals surface area contributed by atoms with Crippen LogP contribution in [0.15, 0.2) is 65.7 Å². The first-order valence-corrected chi connectivity index (χ1v) is 16.5. The van der Waals surface area contributed by atoms with Gasteiger partial charge in [-0.15, -0.1) is 0 Å². The van der Waals surface area contributed by atoms with Gasteiger partial charge in [0.25, 0.3) is 5.56 Å². The van der Waals surface area contributed by atoms with Gasteiger partial charge in [0.15, 0.2) is 0 Å². The second-order valence-corrected chi connectivity index (χ2v) is 12.7. The standard InChI is InChI=1S/C33H36Cl2N10O/c1-41-16-19-43(20-17-41)24-10-8-23(9-11-24)37-33-36-22-25-29(38-33)30(40-45(32(25)46)31-26(34)6-5-7-27(31)35)28-12-15-44(39-28)21-18-42-13-3-2-4-14-42/h5-12,15,22H,2-4,13-14,16-21H2,1H3,(H,36,37,38). The van der Waals surface area contributed by atoms with Crippen LogP contribution < -0.4 is 15.8 Å². The molecule has 7 rings (SSSR count). The number of rotatable bonds is 8. The van der Waals surface area contributed by atoms with Gasteiger partial charge < -0.3 is 20.0 Å². The summed E-state index contributed by atoms with van der Waals surface area (Å²) in [7, 11) is 2.15. The number of piperidine rings is 1. The van der Waals surface area contributed by atoms with Crippen molar-refractivity contribution in [3.05, 3.63) is 81.3 Å². The fraction of sp³-hybridized carbons (Fsp3) is 0.364. The molecule has 2 aliphatic rings. The molecular formula is C33H36Cl2N10O. The summed E-state index contributed by atoms with van der Waals surface area (Å²) in [5, 5.41) is 13.8. The Morgan fingerprint density at radius 3 is 2.33 bits per heavy atom. The van der Waals surface area contributed by atoms with Gasteiger partial charge in [-0.25, -0.2) is 9.97 Å². The Labute approximate surface area is 277 Å². The Hall–Kier alpha value is -4.03. The molecular weight excluding hydrogens is 623 g/mol. The zero-order chi connectivity index (χ0) is 31.6. The summed E-state index contributed by atoms with van der Waals surface area (Å²) < 4.78 is 3.14. The molecule has 0 amide bonds. The van der Waals surface area contributed by atoms with Crippen molar-refractivity contribution in [2.75, 3.05) is 63.1 Å². The van der Waals surface area contributed by atoms with Crippen LogP contribution in [-0.2, 0) is 6.54 Å². The molecule has 2 aromatic carbocycles. The molecule has 2 aliphatic heterocycles. The van der Waals surface area contributed by atoms with Crippen molar-refractivity contribution in [3.63, 3.8) is 0 Å². The maximum atomic E-state index is 13.8. The van der Waals surface area contributed by atoms with Gasteiger partial charge in [0.2, 0.25) is 5.95 Å². The number of aromatic nitrogens is 6. The zero-order valence-corrected chi connectivity index (χ0v) is 27.3. The summed E-state index contributed by atoms with van der Waals surface area (Å²) in [6, 6.07) is 15.2. The number of anilines is 3. The summed E-state index contributed by atoms with van der Waals surface area (Å²) in [5.74, 6) is 0.348. The van der Waals surface area contributed by atoms with Crippen molar-refractivity contribution in [2.24, 2.45) is 0 Å². The van der Waals surface area contributed by atoms with Gasteiger partial charge in [-0.05, 0) is 75.4 Å². The number of likely N-dealkylation sites (tertiary alicyclic amines) is 1. The first-order valence-electron chi connectivity index (χ1n) is 15.7. The van der Waals surface area contributed by atoms with E-state index in [2.05, 4.69) is 44.2 Å². The summed E-state index contributed by atoms with van der Waals surface area (Å²) in [5.41, 5.74) is 3.29. The molecule has 0 spiro atoms. The highest BCUT2D eigenvalue weighted by Gasteiger charge is 2.21. The smallest absolute Gasteiger partial charge is 0.282 e. The van der Waals surface area contributed by atoms with E-state index < -0.39 is 5.56 Å². The number of nitrogens with zero attached hydrogens (tertiary/aromatic N) is 9. The summed E-state index contributed by atoms with van der Waals surface area (Å²) in [4.78, 5) is 30.3. The van der Waals surface area contributed by atoms with Crippen LogP contribution in [0.1, 0.15) is 19.3 Å². The largest absolute Gasteiger partial charge is 0.369 e. The van der Waals surface area contributed by atoms with Crippen molar-refractivity contribution in [3.8, 4) is 17.1 Å². The lowest BCUT2D eigenvalue weighted by atomic mass is 10.1. The van der Waals surface area contributed by atoms with Crippen molar-refractivity contribution in [1.82, 2.24) is 39.3 Å². The molecule has 238 valence electrons. The second kappa shape index (κ2) is 13.4. The monoisotopic (exact) mass is 658 g/mol. The third-order valence-corrected chi connectivity index (χ3v) is 9.36. The maximum absolute atomic E-state index is 13.8. The Bertz CT molecular complexity index is 1870. The number of fused-ring (bicyclic) bond motifs is 1. The number of hydrogen-bond donors (Lipinski definition) is 1. The Morgan fingerprint density at radius 2 is 1.59 bits per heavy atom. The highest BCUT2D eigenvalue weighted by Crippen LogP contribution is 2.30. The van der Waals surface area contributed by atoms with Crippen LogP contribution in [0.3, 0.4) is 0 Å². The minimum Gasteiger partial charge on any atom is -0.369 e. The van der Waals surface area contributed by atoms with Crippen LogP contribution in [0, 0.1) is 0 Å². The molecule has 0 radical (unpaired) electrons. The van der Waals surface area contributed by atoms with Crippen LogP contribution in [0.25, 0.3) is 28.0 Å². The lowest BCUT2D eigenvalue weighted by Crippen LogP contribution is -2.44. The highest BCUT2D eigenvalue weighted by atomic mass is 35.5. The lowest BCUT2D eigenvalue weighted by molar-refractivity contribution is 0.218. The van der Waals surface area contributed by atoms with Crippen LogP contribution in [-0.4, -0.2) is 92.2 Å². The van der Waals surface area contributed by atoms with Crippen molar-refractivity contribution >= 4 is 51.4 Å². The zero-order valence-electron chi connectivity index (χ0n) is 25.7. The van der Waals surface area contributed by atoms with E-state index in [1.54, 1.807) is 18.2 Å². The molecule has 0 bridgehead atoms. The first-order chi connectivity index (χ1) is 22.4. The SMILES string of the molecule is CN1CCN(c2ccc(Nc3ncc4c(=O)n(-c5c(Cl)cccc5Cl)nc(-c5ccn(CCN6CCCCC6)n5)c4n3)cc2)CC1. The van der Waals surface area contributed by atoms with Crippen molar-refractivity contribution < 1.29 is 0 Å². The normalized spacial score (nSPS) is 16.3. The molecule has 46 heavy (non-hydrogen) atoms. The van der Waals surface area contributed by atoms with Crippen molar-refractivity contribution in [2.45, 2.75) is 25.8 Å². The van der Waals surface area contributed by atoms with E-state index in [0.29, 0.717) is 38.6 Å². The van der Waals surface area contributed by atoms with Crippen LogP contribution in [0.2, 0.25) is 10.0 Å². The predicted octanol–water partition coefficient (Wildman–Crippen LogP) is 5.33. The number of likely N-dealkylation sites (N-methyl/N-ethyl adjacent to an activating group) is 1. The van der Waals surface area contributed by atoms with E-state index in [1.165, 1.54) is 35.8 Å².